The molecule has 7 rings (SSSR count). The largest absolute Gasteiger partial charge is 0.461 e. The number of allylic oxidation sites excluding steroid dienone is 1. The van der Waals surface area contributed by atoms with Crippen LogP contribution in [0.25, 0.3) is 0 Å². The summed E-state index contributed by atoms with van der Waals surface area (Å²) < 4.78 is 33.2. The van der Waals surface area contributed by atoms with Crippen LogP contribution in [-0.4, -0.2) is 72.6 Å². The SMILES string of the molecule is CC1C=CC2(Cc3nc(OC[C@@]45CCCN4C[C@H](F)C5)nc(N4CCCOCC4)c3CO2)c2c1ccc(N)c2C#N. The van der Waals surface area contributed by atoms with Crippen LogP contribution in [-0.2, 0) is 28.1 Å². The first-order valence-corrected chi connectivity index (χ1v) is 14.8. The maximum Gasteiger partial charge on any atom is 0.318 e. The van der Waals surface area contributed by atoms with Gasteiger partial charge in [0.1, 0.15) is 30.3 Å². The van der Waals surface area contributed by atoms with Crippen LogP contribution in [0.2, 0.25) is 0 Å². The van der Waals surface area contributed by atoms with Crippen molar-refractivity contribution in [2.45, 2.75) is 68.9 Å². The summed E-state index contributed by atoms with van der Waals surface area (Å²) in [5, 5.41) is 10.1. The Morgan fingerprint density at radius 2 is 2.12 bits per heavy atom. The van der Waals surface area contributed by atoms with Crippen molar-refractivity contribution in [3.05, 3.63) is 52.2 Å². The predicted molar refractivity (Wildman–Crippen MR) is 152 cm³/mol. The highest BCUT2D eigenvalue weighted by Crippen LogP contribution is 2.48. The fraction of sp³-hybridized carbons (Fsp3) is 0.581. The first-order valence-electron chi connectivity index (χ1n) is 14.8. The minimum absolute atomic E-state index is 0.129. The third-order valence-corrected chi connectivity index (χ3v) is 9.66. The van der Waals surface area contributed by atoms with E-state index in [1.807, 2.05) is 12.1 Å². The first kappa shape index (κ1) is 26.6. The summed E-state index contributed by atoms with van der Waals surface area (Å²) >= 11 is 0. The summed E-state index contributed by atoms with van der Waals surface area (Å²) in [6.45, 7) is 7.01. The molecule has 10 heteroatoms. The first-order chi connectivity index (χ1) is 19.9. The van der Waals surface area contributed by atoms with Crippen molar-refractivity contribution in [2.75, 3.05) is 56.6 Å². The summed E-state index contributed by atoms with van der Waals surface area (Å²) in [6, 6.07) is 6.47. The number of fused-ring (bicyclic) bond motifs is 4. The van der Waals surface area contributed by atoms with Crippen molar-refractivity contribution in [1.82, 2.24) is 14.9 Å². The van der Waals surface area contributed by atoms with Gasteiger partial charge in [0.15, 0.2) is 0 Å². The topological polar surface area (TPSA) is 110 Å². The Bertz CT molecular complexity index is 1420. The van der Waals surface area contributed by atoms with Gasteiger partial charge in [0, 0.05) is 55.9 Å². The van der Waals surface area contributed by atoms with E-state index in [0.29, 0.717) is 69.6 Å². The van der Waals surface area contributed by atoms with Gasteiger partial charge in [0.25, 0.3) is 0 Å². The zero-order valence-electron chi connectivity index (χ0n) is 23.6. The predicted octanol–water partition coefficient (Wildman–Crippen LogP) is 3.75. The van der Waals surface area contributed by atoms with Crippen molar-refractivity contribution < 1.29 is 18.6 Å². The van der Waals surface area contributed by atoms with Crippen molar-refractivity contribution in [3.63, 3.8) is 0 Å². The summed E-state index contributed by atoms with van der Waals surface area (Å²) in [4.78, 5) is 14.4. The second kappa shape index (κ2) is 10.2. The van der Waals surface area contributed by atoms with Gasteiger partial charge in [-0.25, -0.2) is 4.39 Å². The molecule has 2 N–H and O–H groups in total. The average Bonchev–Trinajstić information content (AvgIpc) is 3.35. The fourth-order valence-corrected chi connectivity index (χ4v) is 7.57. The molecular formula is C31H37FN6O3. The third kappa shape index (κ3) is 4.46. The van der Waals surface area contributed by atoms with Crippen molar-refractivity contribution in [3.8, 4) is 12.1 Å². The molecule has 5 heterocycles. The molecule has 0 amide bonds. The lowest BCUT2D eigenvalue weighted by molar-refractivity contribution is -0.0399. The molecule has 2 aromatic rings. The van der Waals surface area contributed by atoms with E-state index in [1.165, 1.54) is 0 Å². The van der Waals surface area contributed by atoms with Gasteiger partial charge in [-0.2, -0.15) is 15.2 Å². The van der Waals surface area contributed by atoms with Gasteiger partial charge in [-0.05, 0) is 43.4 Å². The molecule has 1 aromatic heterocycles. The second-order valence-corrected chi connectivity index (χ2v) is 12.2. The highest BCUT2D eigenvalue weighted by molar-refractivity contribution is 5.65. The van der Waals surface area contributed by atoms with Crippen molar-refractivity contribution in [1.29, 1.82) is 5.26 Å². The zero-order chi connectivity index (χ0) is 28.2. The number of alkyl halides is 1. The average molecular weight is 561 g/mol. The normalized spacial score (nSPS) is 30.9. The van der Waals surface area contributed by atoms with Crippen LogP contribution >= 0.6 is 0 Å². The minimum atomic E-state index is -0.867. The number of nitrogens with two attached hydrogens (primary N) is 1. The van der Waals surface area contributed by atoms with Gasteiger partial charge in [-0.15, -0.1) is 0 Å². The van der Waals surface area contributed by atoms with Crippen LogP contribution in [0.1, 0.15) is 66.5 Å². The number of aromatic nitrogens is 2. The van der Waals surface area contributed by atoms with Crippen LogP contribution in [0.3, 0.4) is 0 Å². The summed E-state index contributed by atoms with van der Waals surface area (Å²) in [7, 11) is 0. The Balaban J connectivity index is 1.28. The fourth-order valence-electron chi connectivity index (χ4n) is 7.57. The number of ether oxygens (including phenoxy) is 3. The Hall–Kier alpha value is -3.26. The number of nitrogens with zero attached hydrogens (tertiary/aromatic N) is 5. The second-order valence-electron chi connectivity index (χ2n) is 12.2. The van der Waals surface area contributed by atoms with Gasteiger partial charge >= 0.3 is 6.01 Å². The minimum Gasteiger partial charge on any atom is -0.461 e. The van der Waals surface area contributed by atoms with Crippen molar-refractivity contribution >= 4 is 11.5 Å². The number of hydrogen-bond donors (Lipinski definition) is 1. The molecule has 3 fully saturated rings. The Morgan fingerprint density at radius 1 is 1.22 bits per heavy atom. The molecular weight excluding hydrogens is 523 g/mol. The lowest BCUT2D eigenvalue weighted by Gasteiger charge is -2.41. The van der Waals surface area contributed by atoms with Crippen LogP contribution in [0.5, 0.6) is 6.01 Å². The Labute approximate surface area is 240 Å². The number of nitriles is 1. The molecule has 1 aliphatic carbocycles. The molecule has 1 aromatic carbocycles. The smallest absolute Gasteiger partial charge is 0.318 e. The van der Waals surface area contributed by atoms with Gasteiger partial charge in [0.2, 0.25) is 0 Å². The maximum atomic E-state index is 14.4. The van der Waals surface area contributed by atoms with Gasteiger partial charge in [-0.1, -0.05) is 25.1 Å². The van der Waals surface area contributed by atoms with E-state index < -0.39 is 11.8 Å². The molecule has 0 bridgehead atoms. The number of halogens is 1. The number of nitrogen functional groups attached to an aromatic ring is 1. The van der Waals surface area contributed by atoms with E-state index in [0.717, 1.165) is 60.6 Å². The van der Waals surface area contributed by atoms with E-state index in [1.54, 1.807) is 0 Å². The molecule has 4 aliphatic heterocycles. The van der Waals surface area contributed by atoms with Crippen LogP contribution < -0.4 is 15.4 Å². The van der Waals surface area contributed by atoms with Gasteiger partial charge < -0.3 is 24.8 Å². The Kier molecular flexibility index (Phi) is 6.64. The van der Waals surface area contributed by atoms with E-state index in [2.05, 4.69) is 34.9 Å². The molecule has 0 radical (unpaired) electrons. The monoisotopic (exact) mass is 560 g/mol. The standard InChI is InChI=1S/C31H37FN6O3/c1-20-6-8-31(27-22(20)4-5-25(34)23(27)16-33)15-26-24(18-41-31)28(37-9-3-12-39-13-11-37)36-29(35-26)40-19-30-7-2-10-38(30)17-21(32)14-30/h4-6,8,20-21H,2-3,7,9-15,17-19,34H2,1H3/t20?,21-,30+,31?/m1/s1. The Morgan fingerprint density at radius 3 is 3.00 bits per heavy atom. The van der Waals surface area contributed by atoms with Crippen LogP contribution in [0.15, 0.2) is 24.3 Å². The molecule has 0 saturated carbocycles. The van der Waals surface area contributed by atoms with Gasteiger partial charge in [0.05, 0.1) is 30.0 Å². The summed E-state index contributed by atoms with van der Waals surface area (Å²) in [6.07, 6.45) is 7.17. The van der Waals surface area contributed by atoms with E-state index in [4.69, 9.17) is 29.9 Å². The number of hydrogen-bond acceptors (Lipinski definition) is 9. The highest BCUT2D eigenvalue weighted by atomic mass is 19.1. The quantitative estimate of drug-likeness (QED) is 0.442. The summed E-state index contributed by atoms with van der Waals surface area (Å²) in [5.74, 6) is 0.937. The van der Waals surface area contributed by atoms with E-state index in [9.17, 15) is 9.65 Å². The number of benzene rings is 1. The molecule has 4 atom stereocenters. The van der Waals surface area contributed by atoms with Crippen LogP contribution in [0, 0.1) is 11.3 Å². The van der Waals surface area contributed by atoms with Gasteiger partial charge in [-0.3, -0.25) is 4.90 Å². The lowest BCUT2D eigenvalue weighted by atomic mass is 9.73. The molecule has 216 valence electrons. The third-order valence-electron chi connectivity index (χ3n) is 9.66. The molecule has 1 spiro atoms. The number of anilines is 2. The summed E-state index contributed by atoms with van der Waals surface area (Å²) in [5.41, 5.74) is 9.69. The highest BCUT2D eigenvalue weighted by Gasteiger charge is 2.50. The lowest BCUT2D eigenvalue weighted by Crippen LogP contribution is -2.44. The number of rotatable bonds is 4. The molecule has 41 heavy (non-hydrogen) atoms. The van der Waals surface area contributed by atoms with E-state index in [-0.39, 0.29) is 11.5 Å². The molecule has 2 unspecified atom stereocenters. The zero-order valence-corrected chi connectivity index (χ0v) is 23.6. The van der Waals surface area contributed by atoms with Crippen molar-refractivity contribution in [2.24, 2.45) is 0 Å². The molecule has 3 saturated heterocycles. The maximum absolute atomic E-state index is 14.4. The molecule has 9 nitrogen and oxygen atoms in total. The molecule has 5 aliphatic rings. The van der Waals surface area contributed by atoms with Crippen LogP contribution in [0.4, 0.5) is 15.9 Å². The van der Waals surface area contributed by atoms with E-state index >= 15 is 0 Å².